The molecule has 0 aromatic carbocycles. The van der Waals surface area contributed by atoms with Crippen molar-refractivity contribution in [3.8, 4) is 0 Å². The molecule has 0 saturated heterocycles. The Balaban J connectivity index is 1.41. The molecule has 3 rings (SSSR count). The molecule has 2 aromatic heterocycles. The van der Waals surface area contributed by atoms with Crippen LogP contribution in [0.5, 0.6) is 0 Å². The van der Waals surface area contributed by atoms with Crippen LogP contribution >= 0.6 is 0 Å². The summed E-state index contributed by atoms with van der Waals surface area (Å²) in [4.78, 5) is 37.1. The smallest absolute Gasteiger partial charge is 0.133 e. The highest BCUT2D eigenvalue weighted by Crippen LogP contribution is 2.26. The van der Waals surface area contributed by atoms with Crippen LogP contribution in [-0.4, -0.2) is 26.5 Å². The van der Waals surface area contributed by atoms with E-state index >= 15 is 0 Å². The number of carbonyl (C=O) groups excluding carboxylic acids is 2. The lowest BCUT2D eigenvalue weighted by Gasteiger charge is -2.16. The zero-order valence-electron chi connectivity index (χ0n) is 20.4. The number of nitrogens with zero attached hydrogens (tertiary/aromatic N) is 3. The minimum Gasteiger partial charge on any atom is -0.300 e. The van der Waals surface area contributed by atoms with Gasteiger partial charge in [0.1, 0.15) is 17.4 Å². The first-order chi connectivity index (χ1) is 16.0. The van der Waals surface area contributed by atoms with Crippen LogP contribution < -0.4 is 0 Å². The summed E-state index contributed by atoms with van der Waals surface area (Å²) in [6, 6.07) is 4.51. The molecule has 0 saturated carbocycles. The highest BCUT2D eigenvalue weighted by Gasteiger charge is 2.15. The lowest BCUT2D eigenvalue weighted by Crippen LogP contribution is -2.08. The second kappa shape index (κ2) is 13.3. The normalized spacial score (nSPS) is 14.0. The van der Waals surface area contributed by atoms with Crippen LogP contribution in [0, 0.1) is 0 Å². The number of hydrogen-bond acceptors (Lipinski definition) is 5. The summed E-state index contributed by atoms with van der Waals surface area (Å²) >= 11 is 0. The van der Waals surface area contributed by atoms with E-state index in [1.165, 1.54) is 42.6 Å². The Morgan fingerprint density at radius 1 is 0.970 bits per heavy atom. The largest absolute Gasteiger partial charge is 0.300 e. The minimum absolute atomic E-state index is 0.177. The van der Waals surface area contributed by atoms with Gasteiger partial charge in [-0.3, -0.25) is 9.78 Å². The Morgan fingerprint density at radius 2 is 1.73 bits per heavy atom. The maximum atomic E-state index is 11.8. The lowest BCUT2D eigenvalue weighted by molar-refractivity contribution is -0.119. The molecular weight excluding hydrogens is 410 g/mol. The molecule has 0 fully saturated rings. The number of Topliss-reactive ketones (excluding diaryl/α,β-unsaturated/α-hetero) is 2. The van der Waals surface area contributed by atoms with Gasteiger partial charge in [-0.2, -0.15) is 0 Å². The van der Waals surface area contributed by atoms with E-state index in [0.717, 1.165) is 44.1 Å². The van der Waals surface area contributed by atoms with Crippen LogP contribution in [0.3, 0.4) is 0 Å². The Hall–Kier alpha value is -2.43. The van der Waals surface area contributed by atoms with Gasteiger partial charge in [0, 0.05) is 49.5 Å². The van der Waals surface area contributed by atoms with Crippen molar-refractivity contribution in [2.24, 2.45) is 0 Å². The van der Waals surface area contributed by atoms with Gasteiger partial charge >= 0.3 is 0 Å². The van der Waals surface area contributed by atoms with Gasteiger partial charge in [0.05, 0.1) is 0 Å². The van der Waals surface area contributed by atoms with Gasteiger partial charge < -0.3 is 4.79 Å². The van der Waals surface area contributed by atoms with E-state index in [1.54, 1.807) is 6.92 Å². The van der Waals surface area contributed by atoms with Crippen LogP contribution in [0.2, 0.25) is 0 Å². The van der Waals surface area contributed by atoms with Crippen LogP contribution in [0.1, 0.15) is 112 Å². The number of ketones is 2. The molecule has 2 aromatic rings. The first-order valence-electron chi connectivity index (χ1n) is 12.8. The fourth-order valence-electron chi connectivity index (χ4n) is 4.68. The fraction of sp³-hybridized carbons (Fsp3) is 0.607. The van der Waals surface area contributed by atoms with E-state index in [1.807, 2.05) is 19.3 Å². The van der Waals surface area contributed by atoms with E-state index in [9.17, 15) is 9.59 Å². The Bertz CT molecular complexity index is 908. The molecular formula is C28H39N3O2. The third kappa shape index (κ3) is 8.45. The number of aryl methyl sites for hydroxylation is 4. The average molecular weight is 450 g/mol. The predicted molar refractivity (Wildman–Crippen MR) is 131 cm³/mol. The number of aromatic nitrogens is 3. The van der Waals surface area contributed by atoms with Crippen molar-refractivity contribution in [3.05, 3.63) is 52.9 Å². The third-order valence-corrected chi connectivity index (χ3v) is 6.72. The summed E-state index contributed by atoms with van der Waals surface area (Å²) in [6.07, 6.45) is 17.4. The topological polar surface area (TPSA) is 72.8 Å². The van der Waals surface area contributed by atoms with Crippen molar-refractivity contribution in [3.63, 3.8) is 0 Å². The molecule has 0 amide bonds. The van der Waals surface area contributed by atoms with E-state index in [4.69, 9.17) is 4.98 Å². The van der Waals surface area contributed by atoms with Crippen molar-refractivity contribution in [2.75, 3.05) is 0 Å². The maximum absolute atomic E-state index is 11.8. The molecule has 2 heterocycles. The average Bonchev–Trinajstić information content (AvgIpc) is 2.83. The van der Waals surface area contributed by atoms with Gasteiger partial charge in [0.15, 0.2) is 0 Å². The lowest BCUT2D eigenvalue weighted by atomic mass is 9.90. The van der Waals surface area contributed by atoms with E-state index < -0.39 is 0 Å². The number of hydrogen-bond donors (Lipinski definition) is 0. The number of carbonyl (C=O) groups is 2. The fourth-order valence-corrected chi connectivity index (χ4v) is 4.68. The van der Waals surface area contributed by atoms with Gasteiger partial charge in [0.25, 0.3) is 0 Å². The first-order valence-corrected chi connectivity index (χ1v) is 12.8. The van der Waals surface area contributed by atoms with E-state index in [0.29, 0.717) is 31.5 Å². The third-order valence-electron chi connectivity index (χ3n) is 6.72. The summed E-state index contributed by atoms with van der Waals surface area (Å²) < 4.78 is 0. The van der Waals surface area contributed by atoms with Crippen molar-refractivity contribution in [1.29, 1.82) is 0 Å². The molecule has 1 aliphatic rings. The Labute approximate surface area is 198 Å². The van der Waals surface area contributed by atoms with Crippen molar-refractivity contribution >= 4 is 11.6 Å². The van der Waals surface area contributed by atoms with Crippen LogP contribution in [0.15, 0.2) is 24.5 Å². The zero-order valence-corrected chi connectivity index (χ0v) is 20.4. The number of pyridine rings is 1. The second-order valence-corrected chi connectivity index (χ2v) is 9.50. The van der Waals surface area contributed by atoms with Gasteiger partial charge in [-0.15, -0.1) is 0 Å². The SMILES string of the molecule is CCC(=O)CCc1ncc([C@@H](CCCCCCc2ccc3c(n2)CCCC3)CC(C)=O)cn1. The summed E-state index contributed by atoms with van der Waals surface area (Å²) in [6.45, 7) is 3.54. The molecule has 1 atom stereocenters. The van der Waals surface area contributed by atoms with E-state index in [-0.39, 0.29) is 17.5 Å². The highest BCUT2D eigenvalue weighted by atomic mass is 16.1. The van der Waals surface area contributed by atoms with Crippen molar-refractivity contribution in [1.82, 2.24) is 15.0 Å². The monoisotopic (exact) mass is 449 g/mol. The molecule has 0 spiro atoms. The van der Waals surface area contributed by atoms with Crippen LogP contribution in [-0.2, 0) is 35.3 Å². The molecule has 0 bridgehead atoms. The standard InChI is InChI=1S/C28H39N3O2/c1-3-26(33)16-17-28-29-19-24(20-30-28)23(18-21(2)32)11-6-4-5-7-12-25-15-14-22-10-8-9-13-27(22)31-25/h14-15,19-20,23H,3-13,16-18H2,1-2H3/t23-/m0/s1. The molecule has 5 heteroatoms. The van der Waals surface area contributed by atoms with Crippen molar-refractivity contribution < 1.29 is 9.59 Å². The minimum atomic E-state index is 0.177. The van der Waals surface area contributed by atoms with Gasteiger partial charge in [0.2, 0.25) is 0 Å². The summed E-state index contributed by atoms with van der Waals surface area (Å²) in [5.41, 5.74) is 5.06. The van der Waals surface area contributed by atoms with Gasteiger partial charge in [-0.25, -0.2) is 9.97 Å². The zero-order chi connectivity index (χ0) is 23.5. The number of unbranched alkanes of at least 4 members (excludes halogenated alkanes) is 3. The highest BCUT2D eigenvalue weighted by molar-refractivity contribution is 5.78. The molecule has 5 nitrogen and oxygen atoms in total. The molecule has 0 unspecified atom stereocenters. The quantitative estimate of drug-likeness (QED) is 0.335. The molecule has 0 radical (unpaired) electrons. The summed E-state index contributed by atoms with van der Waals surface area (Å²) in [5.74, 6) is 1.32. The molecule has 0 N–H and O–H groups in total. The number of fused-ring (bicyclic) bond motifs is 1. The van der Waals surface area contributed by atoms with Crippen LogP contribution in [0.4, 0.5) is 0 Å². The summed E-state index contributed by atoms with van der Waals surface area (Å²) in [7, 11) is 0. The molecule has 33 heavy (non-hydrogen) atoms. The van der Waals surface area contributed by atoms with Crippen molar-refractivity contribution in [2.45, 2.75) is 110 Å². The van der Waals surface area contributed by atoms with E-state index in [2.05, 4.69) is 22.1 Å². The van der Waals surface area contributed by atoms with Crippen LogP contribution in [0.25, 0.3) is 0 Å². The maximum Gasteiger partial charge on any atom is 0.133 e. The Morgan fingerprint density at radius 3 is 2.48 bits per heavy atom. The Kier molecular flexibility index (Phi) is 10.2. The second-order valence-electron chi connectivity index (χ2n) is 9.50. The van der Waals surface area contributed by atoms with Gasteiger partial charge in [-0.05, 0) is 75.0 Å². The summed E-state index contributed by atoms with van der Waals surface area (Å²) in [5, 5.41) is 0. The predicted octanol–water partition coefficient (Wildman–Crippen LogP) is 5.92. The molecule has 0 aliphatic heterocycles. The first kappa shape index (κ1) is 25.2. The molecule has 1 aliphatic carbocycles. The van der Waals surface area contributed by atoms with Gasteiger partial charge in [-0.1, -0.05) is 32.3 Å². The molecule has 178 valence electrons. The number of rotatable bonds is 14.